The molecule has 0 saturated heterocycles. The van der Waals surface area contributed by atoms with Crippen LogP contribution < -0.4 is 15.6 Å². The molecule has 0 aliphatic rings. The van der Waals surface area contributed by atoms with E-state index < -0.39 is 0 Å². The second kappa shape index (κ2) is 8.21. The Morgan fingerprint density at radius 3 is 2.27 bits per heavy atom. The maximum Gasteiger partial charge on any atom is 0.261 e. The van der Waals surface area contributed by atoms with E-state index in [1.807, 2.05) is 37.3 Å². The molecule has 0 unspecified atom stereocenters. The predicted octanol–water partition coefficient (Wildman–Crippen LogP) is 4.44. The minimum Gasteiger partial charge on any atom is -0.457 e. The lowest BCUT2D eigenvalue weighted by atomic mass is 10.2. The zero-order chi connectivity index (χ0) is 21.1. The molecule has 30 heavy (non-hydrogen) atoms. The Balaban J connectivity index is 1.45. The van der Waals surface area contributed by atoms with Crippen LogP contribution in [-0.4, -0.2) is 15.5 Å². The molecule has 0 bridgehead atoms. The highest BCUT2D eigenvalue weighted by Crippen LogP contribution is 2.23. The number of nitrogens with zero attached hydrogens (tertiary/aromatic N) is 2. The lowest BCUT2D eigenvalue weighted by Crippen LogP contribution is -2.30. The van der Waals surface area contributed by atoms with Crippen LogP contribution >= 0.6 is 0 Å². The molecular weight excluding hydrogens is 378 g/mol. The highest BCUT2D eigenvalue weighted by molar-refractivity contribution is 5.90. The summed E-state index contributed by atoms with van der Waals surface area (Å²) in [7, 11) is 0. The number of nitrogens with one attached hydrogen (secondary N) is 1. The van der Waals surface area contributed by atoms with Crippen molar-refractivity contribution in [2.45, 2.75) is 20.4 Å². The van der Waals surface area contributed by atoms with Gasteiger partial charge < -0.3 is 10.1 Å². The number of hydrogen-bond donors (Lipinski definition) is 1. The normalized spacial score (nSPS) is 10.7. The molecule has 0 aliphatic carbocycles. The summed E-state index contributed by atoms with van der Waals surface area (Å²) in [4.78, 5) is 29.6. The predicted molar refractivity (Wildman–Crippen MR) is 117 cm³/mol. The van der Waals surface area contributed by atoms with Gasteiger partial charge in [0.25, 0.3) is 5.56 Å². The fraction of sp³-hybridized carbons (Fsp3) is 0.125. The lowest BCUT2D eigenvalue weighted by Gasteiger charge is -2.12. The van der Waals surface area contributed by atoms with Gasteiger partial charge in [0.15, 0.2) is 0 Å². The van der Waals surface area contributed by atoms with Gasteiger partial charge in [-0.15, -0.1) is 0 Å². The molecular formula is C24H21N3O3. The molecule has 4 aromatic rings. The third-order valence-corrected chi connectivity index (χ3v) is 4.75. The van der Waals surface area contributed by atoms with Gasteiger partial charge in [0, 0.05) is 5.69 Å². The van der Waals surface area contributed by atoms with Crippen LogP contribution in [0.25, 0.3) is 10.9 Å². The molecule has 1 heterocycles. The van der Waals surface area contributed by atoms with Crippen molar-refractivity contribution in [2.24, 2.45) is 0 Å². The van der Waals surface area contributed by atoms with Crippen LogP contribution in [0.4, 0.5) is 5.69 Å². The van der Waals surface area contributed by atoms with Crippen LogP contribution in [0.1, 0.15) is 11.4 Å². The SMILES string of the molecule is Cc1ccc(Oc2ccc(NC(=O)Cn3c(C)nc4ccccc4c3=O)cc2)cc1. The molecule has 0 fully saturated rings. The Morgan fingerprint density at radius 1 is 0.933 bits per heavy atom. The molecule has 6 nitrogen and oxygen atoms in total. The first-order chi connectivity index (χ1) is 14.5. The number of fused-ring (bicyclic) bond motifs is 1. The zero-order valence-corrected chi connectivity index (χ0v) is 16.8. The summed E-state index contributed by atoms with van der Waals surface area (Å²) in [5, 5.41) is 3.30. The Bertz CT molecular complexity index is 1260. The van der Waals surface area contributed by atoms with E-state index in [0.29, 0.717) is 28.2 Å². The highest BCUT2D eigenvalue weighted by Gasteiger charge is 2.11. The average molecular weight is 399 g/mol. The van der Waals surface area contributed by atoms with Crippen LogP contribution in [-0.2, 0) is 11.3 Å². The number of ether oxygens (including phenoxy) is 1. The molecule has 0 saturated carbocycles. The topological polar surface area (TPSA) is 73.2 Å². The smallest absolute Gasteiger partial charge is 0.261 e. The second-order valence-electron chi connectivity index (χ2n) is 7.06. The first-order valence-corrected chi connectivity index (χ1v) is 9.60. The molecule has 1 aromatic heterocycles. The number of amides is 1. The molecule has 1 N–H and O–H groups in total. The van der Waals surface area contributed by atoms with E-state index >= 15 is 0 Å². The van der Waals surface area contributed by atoms with Crippen LogP contribution in [0.5, 0.6) is 11.5 Å². The van der Waals surface area contributed by atoms with Gasteiger partial charge in [-0.25, -0.2) is 4.98 Å². The van der Waals surface area contributed by atoms with E-state index in [2.05, 4.69) is 10.3 Å². The second-order valence-corrected chi connectivity index (χ2v) is 7.06. The standard InChI is InChI=1S/C24H21N3O3/c1-16-7-11-19(12-8-16)30-20-13-9-18(10-14-20)26-23(28)15-27-17(2)25-22-6-4-3-5-21(22)24(27)29/h3-14H,15H2,1-2H3,(H,26,28). The molecule has 0 radical (unpaired) electrons. The molecule has 150 valence electrons. The van der Waals surface area contributed by atoms with Crippen molar-refractivity contribution in [2.75, 3.05) is 5.32 Å². The summed E-state index contributed by atoms with van der Waals surface area (Å²) in [6, 6.07) is 22.0. The number of para-hydroxylation sites is 1. The van der Waals surface area contributed by atoms with Crippen molar-refractivity contribution in [1.29, 1.82) is 0 Å². The monoisotopic (exact) mass is 399 g/mol. The molecule has 0 atom stereocenters. The van der Waals surface area contributed by atoms with Crippen molar-refractivity contribution in [1.82, 2.24) is 9.55 Å². The Hall–Kier alpha value is -3.93. The zero-order valence-electron chi connectivity index (χ0n) is 16.8. The minimum atomic E-state index is -0.301. The number of rotatable bonds is 5. The summed E-state index contributed by atoms with van der Waals surface area (Å²) in [6.07, 6.45) is 0. The summed E-state index contributed by atoms with van der Waals surface area (Å²) in [5.74, 6) is 1.61. The van der Waals surface area contributed by atoms with Gasteiger partial charge in [-0.3, -0.25) is 14.2 Å². The van der Waals surface area contributed by atoms with E-state index in [1.165, 1.54) is 4.57 Å². The molecule has 0 aliphatic heterocycles. The third kappa shape index (κ3) is 4.22. The van der Waals surface area contributed by atoms with Crippen molar-refractivity contribution in [3.8, 4) is 11.5 Å². The maximum atomic E-state index is 12.7. The first kappa shape index (κ1) is 19.4. The molecule has 3 aromatic carbocycles. The van der Waals surface area contributed by atoms with Gasteiger partial charge >= 0.3 is 0 Å². The molecule has 1 amide bonds. The summed E-state index contributed by atoms with van der Waals surface area (Å²) < 4.78 is 7.18. The van der Waals surface area contributed by atoms with Gasteiger partial charge in [0.2, 0.25) is 5.91 Å². The van der Waals surface area contributed by atoms with E-state index in [4.69, 9.17) is 4.74 Å². The fourth-order valence-electron chi connectivity index (χ4n) is 3.16. The van der Waals surface area contributed by atoms with Crippen molar-refractivity contribution < 1.29 is 9.53 Å². The van der Waals surface area contributed by atoms with Crippen LogP contribution in [0, 0.1) is 13.8 Å². The summed E-state index contributed by atoms with van der Waals surface area (Å²) in [5.41, 5.74) is 2.18. The average Bonchev–Trinajstić information content (AvgIpc) is 2.74. The Morgan fingerprint density at radius 2 is 1.57 bits per heavy atom. The van der Waals surface area contributed by atoms with Gasteiger partial charge in [-0.1, -0.05) is 29.8 Å². The highest BCUT2D eigenvalue weighted by atomic mass is 16.5. The van der Waals surface area contributed by atoms with Gasteiger partial charge in [-0.2, -0.15) is 0 Å². The maximum absolute atomic E-state index is 12.7. The molecule has 6 heteroatoms. The van der Waals surface area contributed by atoms with Crippen LogP contribution in [0.15, 0.2) is 77.6 Å². The number of aryl methyl sites for hydroxylation is 2. The third-order valence-electron chi connectivity index (χ3n) is 4.75. The number of aromatic nitrogens is 2. The van der Waals surface area contributed by atoms with Gasteiger partial charge in [0.05, 0.1) is 10.9 Å². The van der Waals surface area contributed by atoms with Crippen LogP contribution in [0.3, 0.4) is 0 Å². The fourth-order valence-corrected chi connectivity index (χ4v) is 3.16. The number of hydrogen-bond acceptors (Lipinski definition) is 4. The Kier molecular flexibility index (Phi) is 5.30. The lowest BCUT2D eigenvalue weighted by molar-refractivity contribution is -0.116. The van der Waals surface area contributed by atoms with E-state index in [0.717, 1.165) is 11.3 Å². The van der Waals surface area contributed by atoms with E-state index in [-0.39, 0.29) is 18.0 Å². The quantitative estimate of drug-likeness (QED) is 0.538. The van der Waals surface area contributed by atoms with Crippen molar-refractivity contribution in [3.63, 3.8) is 0 Å². The summed E-state index contributed by atoms with van der Waals surface area (Å²) in [6.45, 7) is 3.63. The number of carbonyl (C=O) groups excluding carboxylic acids is 1. The summed E-state index contributed by atoms with van der Waals surface area (Å²) >= 11 is 0. The number of benzene rings is 3. The van der Waals surface area contributed by atoms with E-state index in [9.17, 15) is 9.59 Å². The van der Waals surface area contributed by atoms with Crippen LogP contribution in [0.2, 0.25) is 0 Å². The molecule has 4 rings (SSSR count). The van der Waals surface area contributed by atoms with Gasteiger partial charge in [0.1, 0.15) is 23.9 Å². The van der Waals surface area contributed by atoms with E-state index in [1.54, 1.807) is 49.4 Å². The number of anilines is 1. The molecule has 0 spiro atoms. The minimum absolute atomic E-state index is 0.107. The Labute approximate surface area is 173 Å². The van der Waals surface area contributed by atoms with Crippen molar-refractivity contribution in [3.05, 3.63) is 94.5 Å². The number of carbonyl (C=O) groups is 1. The largest absolute Gasteiger partial charge is 0.457 e. The van der Waals surface area contributed by atoms with Gasteiger partial charge in [-0.05, 0) is 62.4 Å². The first-order valence-electron chi connectivity index (χ1n) is 9.60. The van der Waals surface area contributed by atoms with Crippen molar-refractivity contribution >= 4 is 22.5 Å².